The summed E-state index contributed by atoms with van der Waals surface area (Å²) in [5.74, 6) is 0. The van der Waals surface area contributed by atoms with Gasteiger partial charge in [-0.1, -0.05) is 13.8 Å². The highest BCUT2D eigenvalue weighted by molar-refractivity contribution is 4.97. The van der Waals surface area contributed by atoms with Gasteiger partial charge in [0.05, 0.1) is 11.8 Å². The topological polar surface area (TPSA) is 61.6 Å². The number of hydrogen-bond acceptors (Lipinski definition) is 4. The molecule has 0 aromatic carbocycles. The number of nitriles is 1. The van der Waals surface area contributed by atoms with Gasteiger partial charge in [-0.2, -0.15) is 5.26 Å². The van der Waals surface area contributed by atoms with Crippen LogP contribution in [0.25, 0.3) is 0 Å². The third kappa shape index (κ3) is 4.85. The lowest BCUT2D eigenvalue weighted by Gasteiger charge is -2.23. The summed E-state index contributed by atoms with van der Waals surface area (Å²) in [5, 5.41) is 11.9. The van der Waals surface area contributed by atoms with Crippen molar-refractivity contribution in [3.8, 4) is 6.07 Å². The predicted octanol–water partition coefficient (Wildman–Crippen LogP) is 1.90. The molecule has 1 aromatic rings. The third-order valence-electron chi connectivity index (χ3n) is 2.47. The average Bonchev–Trinajstić information content (AvgIpc) is 2.28. The van der Waals surface area contributed by atoms with Crippen LogP contribution in [-0.4, -0.2) is 16.5 Å². The van der Waals surface area contributed by atoms with E-state index >= 15 is 0 Å². The molecule has 1 N–H and O–H groups in total. The molecule has 0 bridgehead atoms. The molecular weight excluding hydrogens is 200 g/mol. The molecule has 86 valence electrons. The van der Waals surface area contributed by atoms with Crippen LogP contribution in [-0.2, 0) is 6.54 Å². The first-order valence-electron chi connectivity index (χ1n) is 5.47. The summed E-state index contributed by atoms with van der Waals surface area (Å²) in [4.78, 5) is 8.00. The molecule has 0 saturated heterocycles. The maximum Gasteiger partial charge on any atom is 0.115 e. The molecular formula is C12H18N4. The number of nitrogens with one attached hydrogen (secondary N) is 1. The van der Waals surface area contributed by atoms with Crippen molar-refractivity contribution >= 4 is 0 Å². The summed E-state index contributed by atoms with van der Waals surface area (Å²) in [7, 11) is 0. The van der Waals surface area contributed by atoms with E-state index in [1.807, 2.05) is 6.07 Å². The Morgan fingerprint density at radius 3 is 2.94 bits per heavy atom. The van der Waals surface area contributed by atoms with E-state index < -0.39 is 0 Å². The summed E-state index contributed by atoms with van der Waals surface area (Å²) in [6, 6.07) is 4.08. The third-order valence-corrected chi connectivity index (χ3v) is 2.47. The molecule has 1 aromatic heterocycles. The van der Waals surface area contributed by atoms with Gasteiger partial charge in [0.2, 0.25) is 0 Å². The molecule has 4 heteroatoms. The molecule has 0 aliphatic carbocycles. The summed E-state index contributed by atoms with van der Waals surface area (Å²) >= 11 is 0. The summed E-state index contributed by atoms with van der Waals surface area (Å²) in [6.45, 7) is 5.96. The fraction of sp³-hybridized carbons (Fsp3) is 0.583. The molecule has 0 radical (unpaired) electrons. The lowest BCUT2D eigenvalue weighted by Crippen LogP contribution is -2.29. The van der Waals surface area contributed by atoms with Crippen LogP contribution < -0.4 is 5.32 Å². The number of rotatable bonds is 6. The second-order valence-electron chi connectivity index (χ2n) is 4.63. The number of hydrogen-bond donors (Lipinski definition) is 1. The molecule has 0 atom stereocenters. The molecule has 0 aliphatic rings. The van der Waals surface area contributed by atoms with Crippen molar-refractivity contribution < 1.29 is 0 Å². The first-order chi connectivity index (χ1) is 7.64. The largest absolute Gasteiger partial charge is 0.311 e. The zero-order chi connectivity index (χ0) is 11.9. The van der Waals surface area contributed by atoms with Gasteiger partial charge in [0.1, 0.15) is 6.33 Å². The Balaban J connectivity index is 2.27. The van der Waals surface area contributed by atoms with Crippen LogP contribution in [0.3, 0.4) is 0 Å². The lowest BCUT2D eigenvalue weighted by molar-refractivity contribution is 0.317. The lowest BCUT2D eigenvalue weighted by atomic mass is 9.88. The van der Waals surface area contributed by atoms with Crippen molar-refractivity contribution in [1.82, 2.24) is 15.3 Å². The van der Waals surface area contributed by atoms with Crippen molar-refractivity contribution in [2.24, 2.45) is 5.41 Å². The van der Waals surface area contributed by atoms with E-state index in [1.54, 1.807) is 12.5 Å². The second-order valence-corrected chi connectivity index (χ2v) is 4.63. The van der Waals surface area contributed by atoms with Crippen LogP contribution in [0, 0.1) is 16.7 Å². The van der Waals surface area contributed by atoms with E-state index in [9.17, 15) is 0 Å². The maximum absolute atomic E-state index is 8.55. The minimum Gasteiger partial charge on any atom is -0.311 e. The fourth-order valence-electron chi connectivity index (χ4n) is 1.43. The molecule has 1 rings (SSSR count). The summed E-state index contributed by atoms with van der Waals surface area (Å²) in [6.07, 6.45) is 4.82. The van der Waals surface area contributed by atoms with Crippen molar-refractivity contribution in [3.05, 3.63) is 24.3 Å². The Morgan fingerprint density at radius 2 is 2.31 bits per heavy atom. The molecule has 0 spiro atoms. The van der Waals surface area contributed by atoms with Crippen LogP contribution in [0.1, 0.15) is 32.4 Å². The van der Waals surface area contributed by atoms with Gasteiger partial charge in [-0.25, -0.2) is 9.97 Å². The summed E-state index contributed by atoms with van der Waals surface area (Å²) < 4.78 is 0. The van der Waals surface area contributed by atoms with E-state index in [1.165, 1.54) is 0 Å². The Hall–Kier alpha value is -1.47. The normalized spacial score (nSPS) is 11.1. The van der Waals surface area contributed by atoms with E-state index in [2.05, 4.69) is 35.2 Å². The fourth-order valence-corrected chi connectivity index (χ4v) is 1.43. The van der Waals surface area contributed by atoms with E-state index in [0.29, 0.717) is 6.42 Å². The molecule has 1 heterocycles. The first kappa shape index (κ1) is 12.6. The average molecular weight is 218 g/mol. The van der Waals surface area contributed by atoms with Gasteiger partial charge in [0, 0.05) is 25.7 Å². The highest BCUT2D eigenvalue weighted by Gasteiger charge is 2.16. The molecule has 0 amide bonds. The van der Waals surface area contributed by atoms with E-state index in [0.717, 1.165) is 25.2 Å². The molecule has 0 saturated carbocycles. The van der Waals surface area contributed by atoms with Gasteiger partial charge >= 0.3 is 0 Å². The van der Waals surface area contributed by atoms with Crippen LogP contribution >= 0.6 is 0 Å². The van der Waals surface area contributed by atoms with Gasteiger partial charge in [0.25, 0.3) is 0 Å². The molecule has 0 unspecified atom stereocenters. The molecule has 4 nitrogen and oxygen atoms in total. The molecule has 0 fully saturated rings. The van der Waals surface area contributed by atoms with Crippen molar-refractivity contribution in [3.63, 3.8) is 0 Å². The molecule has 0 aliphatic heterocycles. The Morgan fingerprint density at radius 1 is 1.50 bits per heavy atom. The first-order valence-corrected chi connectivity index (χ1v) is 5.47. The zero-order valence-electron chi connectivity index (χ0n) is 9.90. The Labute approximate surface area is 96.7 Å². The van der Waals surface area contributed by atoms with Crippen LogP contribution in [0.15, 0.2) is 18.6 Å². The van der Waals surface area contributed by atoms with Crippen LogP contribution in [0.5, 0.6) is 0 Å². The van der Waals surface area contributed by atoms with Crippen LogP contribution in [0.4, 0.5) is 0 Å². The Bertz CT molecular complexity index is 340. The Kier molecular flexibility index (Phi) is 4.87. The second kappa shape index (κ2) is 6.19. The van der Waals surface area contributed by atoms with Crippen molar-refractivity contribution in [1.29, 1.82) is 5.26 Å². The maximum atomic E-state index is 8.55. The van der Waals surface area contributed by atoms with Crippen molar-refractivity contribution in [2.75, 3.05) is 6.54 Å². The quantitative estimate of drug-likeness (QED) is 0.792. The van der Waals surface area contributed by atoms with Gasteiger partial charge in [0.15, 0.2) is 0 Å². The highest BCUT2D eigenvalue weighted by Crippen LogP contribution is 2.20. The van der Waals surface area contributed by atoms with Gasteiger partial charge in [-0.05, 0) is 17.9 Å². The standard InChI is InChI=1S/C12H18N4/c1-12(2,5-3-6-13)9-15-8-11-4-7-14-10-16-11/h4,7,10,15H,3,5,8-9H2,1-2H3. The van der Waals surface area contributed by atoms with Crippen LogP contribution in [0.2, 0.25) is 0 Å². The van der Waals surface area contributed by atoms with E-state index in [4.69, 9.17) is 5.26 Å². The number of nitrogens with zero attached hydrogens (tertiary/aromatic N) is 3. The minimum absolute atomic E-state index is 0.156. The summed E-state index contributed by atoms with van der Waals surface area (Å²) in [5.41, 5.74) is 1.15. The van der Waals surface area contributed by atoms with Gasteiger partial charge in [-0.3, -0.25) is 0 Å². The monoisotopic (exact) mass is 218 g/mol. The van der Waals surface area contributed by atoms with E-state index in [-0.39, 0.29) is 5.41 Å². The highest BCUT2D eigenvalue weighted by atomic mass is 14.9. The SMILES string of the molecule is CC(C)(CCC#N)CNCc1ccncn1. The number of aromatic nitrogens is 2. The smallest absolute Gasteiger partial charge is 0.115 e. The van der Waals surface area contributed by atoms with Gasteiger partial charge < -0.3 is 5.32 Å². The minimum atomic E-state index is 0.156. The zero-order valence-corrected chi connectivity index (χ0v) is 9.90. The predicted molar refractivity (Wildman–Crippen MR) is 62.4 cm³/mol. The van der Waals surface area contributed by atoms with Crippen molar-refractivity contribution in [2.45, 2.75) is 33.2 Å². The molecule has 16 heavy (non-hydrogen) atoms. The van der Waals surface area contributed by atoms with Gasteiger partial charge in [-0.15, -0.1) is 0 Å².